The molecule has 0 aliphatic carbocycles. The van der Waals surface area contributed by atoms with Crippen LogP contribution in [-0.2, 0) is 12.8 Å². The predicted molar refractivity (Wildman–Crippen MR) is 89.2 cm³/mol. The number of rotatable bonds is 6. The van der Waals surface area contributed by atoms with E-state index in [0.29, 0.717) is 17.2 Å². The van der Waals surface area contributed by atoms with Gasteiger partial charge in [-0.1, -0.05) is 44.9 Å². The summed E-state index contributed by atoms with van der Waals surface area (Å²) in [5.41, 5.74) is 1.80. The van der Waals surface area contributed by atoms with Gasteiger partial charge in [-0.05, 0) is 35.4 Å². The molecule has 128 valence electrons. The Kier molecular flexibility index (Phi) is 5.63. The van der Waals surface area contributed by atoms with Crippen molar-refractivity contribution < 1.29 is 29.3 Å². The molecule has 2 N–H and O–H groups in total. The van der Waals surface area contributed by atoms with Crippen LogP contribution in [-0.4, -0.2) is 22.5 Å². The normalized spacial score (nSPS) is 10.6. The Hall–Kier alpha value is -2.76. The quantitative estimate of drug-likeness (QED) is 0.579. The van der Waals surface area contributed by atoms with E-state index in [2.05, 4.69) is 0 Å². The van der Waals surface area contributed by atoms with Crippen molar-refractivity contribution in [2.75, 3.05) is 0 Å². The lowest BCUT2D eigenvalue weighted by Crippen LogP contribution is -2.10. The molecule has 2 aromatic rings. The molecule has 0 saturated carbocycles. The minimum absolute atomic E-state index is 0.0663. The first-order valence-corrected chi connectivity index (χ1v) is 7.86. The highest BCUT2D eigenvalue weighted by Crippen LogP contribution is 2.40. The van der Waals surface area contributed by atoms with Crippen LogP contribution >= 0.6 is 0 Å². The van der Waals surface area contributed by atoms with Crippen LogP contribution in [0.25, 0.3) is 10.8 Å². The van der Waals surface area contributed by atoms with Crippen LogP contribution in [0.1, 0.15) is 37.8 Å². The summed E-state index contributed by atoms with van der Waals surface area (Å²) in [6.45, 7) is 4.03. The molecule has 0 radical (unpaired) electrons. The van der Waals surface area contributed by atoms with E-state index < -0.39 is 12.3 Å². The molecule has 2 rings (SSSR count). The second kappa shape index (κ2) is 7.68. The summed E-state index contributed by atoms with van der Waals surface area (Å²) < 4.78 is 9.89. The average Bonchev–Trinajstić information content (AvgIpc) is 2.49. The second-order valence-electron chi connectivity index (χ2n) is 5.43. The van der Waals surface area contributed by atoms with Crippen molar-refractivity contribution in [1.29, 1.82) is 0 Å². The Morgan fingerprint density at radius 2 is 1.67 bits per heavy atom. The van der Waals surface area contributed by atoms with Gasteiger partial charge in [-0.15, -0.1) is 0 Å². The molecule has 24 heavy (non-hydrogen) atoms. The Labute approximate surface area is 139 Å². The summed E-state index contributed by atoms with van der Waals surface area (Å²) in [7, 11) is 0. The first kappa shape index (κ1) is 17.6. The highest BCUT2D eigenvalue weighted by molar-refractivity contribution is 5.97. The summed E-state index contributed by atoms with van der Waals surface area (Å²) in [5.74, 6) is 0.235. The van der Waals surface area contributed by atoms with Gasteiger partial charge in [0.05, 0.1) is 5.39 Å². The van der Waals surface area contributed by atoms with Gasteiger partial charge in [0.25, 0.3) is 0 Å². The Morgan fingerprint density at radius 3 is 2.25 bits per heavy atom. The van der Waals surface area contributed by atoms with Gasteiger partial charge in [0, 0.05) is 0 Å². The van der Waals surface area contributed by atoms with Gasteiger partial charge in [-0.25, -0.2) is 9.59 Å². The highest BCUT2D eigenvalue weighted by Gasteiger charge is 2.20. The molecule has 0 aliphatic rings. The molecule has 0 spiro atoms. The zero-order valence-corrected chi connectivity index (χ0v) is 13.7. The molecule has 0 aromatic heterocycles. The zero-order chi connectivity index (χ0) is 17.7. The van der Waals surface area contributed by atoms with Crippen molar-refractivity contribution in [2.24, 2.45) is 0 Å². The van der Waals surface area contributed by atoms with Crippen LogP contribution < -0.4 is 9.47 Å². The SMILES string of the molecule is CCCc1cc2cccc(OC(=O)O)c2c(OC(=O)O)c1CCC. The minimum Gasteiger partial charge on any atom is -0.449 e. The first-order valence-electron chi connectivity index (χ1n) is 7.86. The number of fused-ring (bicyclic) bond motifs is 1. The van der Waals surface area contributed by atoms with Gasteiger partial charge >= 0.3 is 12.3 Å². The molecule has 0 saturated heterocycles. The van der Waals surface area contributed by atoms with Gasteiger partial charge in [-0.2, -0.15) is 0 Å². The molecule has 0 aliphatic heterocycles. The average molecular weight is 332 g/mol. The molecular formula is C18H20O6. The fraction of sp³-hybridized carbons (Fsp3) is 0.333. The van der Waals surface area contributed by atoms with Crippen LogP contribution in [0.4, 0.5) is 9.59 Å². The lowest BCUT2D eigenvalue weighted by Gasteiger charge is -2.17. The topological polar surface area (TPSA) is 93.1 Å². The van der Waals surface area contributed by atoms with Crippen LogP contribution in [0.3, 0.4) is 0 Å². The van der Waals surface area contributed by atoms with Crippen LogP contribution in [0.15, 0.2) is 24.3 Å². The second-order valence-corrected chi connectivity index (χ2v) is 5.43. The Morgan fingerprint density at radius 1 is 1.00 bits per heavy atom. The maximum Gasteiger partial charge on any atom is 0.511 e. The molecule has 2 aromatic carbocycles. The zero-order valence-electron chi connectivity index (χ0n) is 13.7. The summed E-state index contributed by atoms with van der Waals surface area (Å²) in [5, 5.41) is 19.1. The van der Waals surface area contributed by atoms with Crippen molar-refractivity contribution in [1.82, 2.24) is 0 Å². The standard InChI is InChI=1S/C18H20O6/c1-3-6-11-10-12-8-5-9-14(23-17(19)20)15(12)16(24-18(21)22)13(11)7-4-2/h5,8-10H,3-4,6-7H2,1-2H3,(H,19,20)(H,21,22). The third-order valence-electron chi connectivity index (χ3n) is 3.68. The maximum atomic E-state index is 11.2. The largest absolute Gasteiger partial charge is 0.511 e. The fourth-order valence-electron chi connectivity index (χ4n) is 2.88. The Bertz CT molecular complexity index is 766. The van der Waals surface area contributed by atoms with E-state index in [9.17, 15) is 9.59 Å². The molecule has 6 heteroatoms. The minimum atomic E-state index is -1.46. The number of carboxylic acid groups (broad SMARTS) is 2. The van der Waals surface area contributed by atoms with Crippen molar-refractivity contribution in [3.8, 4) is 11.5 Å². The first-order chi connectivity index (χ1) is 11.5. The number of hydrogen-bond donors (Lipinski definition) is 2. The number of benzene rings is 2. The highest BCUT2D eigenvalue weighted by atomic mass is 16.7. The third-order valence-corrected chi connectivity index (χ3v) is 3.68. The van der Waals surface area contributed by atoms with E-state index in [1.54, 1.807) is 12.1 Å². The van der Waals surface area contributed by atoms with Gasteiger partial charge in [0.15, 0.2) is 0 Å². The molecule has 0 unspecified atom stereocenters. The lowest BCUT2D eigenvalue weighted by atomic mass is 9.93. The fourth-order valence-corrected chi connectivity index (χ4v) is 2.88. The van der Waals surface area contributed by atoms with E-state index >= 15 is 0 Å². The molecule has 0 atom stereocenters. The van der Waals surface area contributed by atoms with E-state index in [1.165, 1.54) is 6.07 Å². The van der Waals surface area contributed by atoms with Crippen molar-refractivity contribution in [2.45, 2.75) is 39.5 Å². The number of aryl methyl sites for hydroxylation is 1. The van der Waals surface area contributed by atoms with Gasteiger partial charge in [-0.3, -0.25) is 0 Å². The third kappa shape index (κ3) is 3.76. The van der Waals surface area contributed by atoms with E-state index in [1.807, 2.05) is 19.9 Å². The van der Waals surface area contributed by atoms with Crippen LogP contribution in [0.2, 0.25) is 0 Å². The maximum absolute atomic E-state index is 11.2. The predicted octanol–water partition coefficient (Wildman–Crippen LogP) is 4.86. The number of hydrogen-bond acceptors (Lipinski definition) is 4. The van der Waals surface area contributed by atoms with Gasteiger partial charge < -0.3 is 19.7 Å². The van der Waals surface area contributed by atoms with E-state index in [-0.39, 0.29) is 11.5 Å². The van der Waals surface area contributed by atoms with Gasteiger partial charge in [0.1, 0.15) is 11.5 Å². The molecule has 0 heterocycles. The summed E-state index contributed by atoms with van der Waals surface area (Å²) in [4.78, 5) is 22.1. The van der Waals surface area contributed by atoms with Crippen LogP contribution in [0, 0.1) is 0 Å². The lowest BCUT2D eigenvalue weighted by molar-refractivity contribution is 0.144. The van der Waals surface area contributed by atoms with Crippen molar-refractivity contribution >= 4 is 23.1 Å². The molecule has 0 bridgehead atoms. The molecule has 0 amide bonds. The molecule has 6 nitrogen and oxygen atoms in total. The number of carbonyl (C=O) groups is 2. The van der Waals surface area contributed by atoms with E-state index in [4.69, 9.17) is 19.7 Å². The monoisotopic (exact) mass is 332 g/mol. The molecule has 0 fully saturated rings. The Balaban J connectivity index is 2.82. The van der Waals surface area contributed by atoms with E-state index in [0.717, 1.165) is 30.4 Å². The summed E-state index contributed by atoms with van der Waals surface area (Å²) in [6.07, 6.45) is 0.228. The van der Waals surface area contributed by atoms with Gasteiger partial charge in [0.2, 0.25) is 0 Å². The molecular weight excluding hydrogens is 312 g/mol. The summed E-state index contributed by atoms with van der Waals surface area (Å²) in [6, 6.07) is 6.89. The van der Waals surface area contributed by atoms with Crippen LogP contribution in [0.5, 0.6) is 11.5 Å². The van der Waals surface area contributed by atoms with Crippen molar-refractivity contribution in [3.63, 3.8) is 0 Å². The van der Waals surface area contributed by atoms with Crippen molar-refractivity contribution in [3.05, 3.63) is 35.4 Å². The summed E-state index contributed by atoms with van der Waals surface area (Å²) >= 11 is 0. The smallest absolute Gasteiger partial charge is 0.449 e. The number of ether oxygens (including phenoxy) is 2.